The average Bonchev–Trinajstić information content (AvgIpc) is 2.14. The number of nitrogens with zero attached hydrogens (tertiary/aromatic N) is 2. The molecule has 5 heteroatoms. The zero-order chi connectivity index (χ0) is 55.8. The van der Waals surface area contributed by atoms with E-state index in [4.69, 9.17) is 4.42 Å². The van der Waals surface area contributed by atoms with E-state index in [1.165, 1.54) is 46.5 Å². The van der Waals surface area contributed by atoms with Crippen LogP contribution in [0, 0.1) is 11.6 Å². The second-order valence-electron chi connectivity index (χ2n) is 21.5. The molecule has 0 aliphatic heterocycles. The molecule has 394 valence electrons. The molecule has 0 fully saturated rings. The van der Waals surface area contributed by atoms with Gasteiger partial charge in [-0.2, -0.15) is 0 Å². The molecular weight excluding hydrogens is 1020 g/mol. The number of benzene rings is 12. The number of fused-ring (bicyclic) bond motifs is 9. The van der Waals surface area contributed by atoms with Gasteiger partial charge in [-0.25, -0.2) is 8.78 Å². The Balaban J connectivity index is 0.911. The fourth-order valence-electron chi connectivity index (χ4n) is 13.6. The first-order valence-corrected chi connectivity index (χ1v) is 28.0. The smallest absolute Gasteiger partial charge is 0.135 e. The van der Waals surface area contributed by atoms with E-state index < -0.39 is 10.8 Å². The summed E-state index contributed by atoms with van der Waals surface area (Å²) in [6.45, 7) is 8.13. The van der Waals surface area contributed by atoms with Crippen molar-refractivity contribution >= 4 is 68.2 Å². The maximum atomic E-state index is 15.0. The van der Waals surface area contributed by atoms with Gasteiger partial charge in [0.15, 0.2) is 0 Å². The van der Waals surface area contributed by atoms with Crippen molar-refractivity contribution in [3.8, 4) is 22.3 Å². The van der Waals surface area contributed by atoms with Gasteiger partial charge >= 0.3 is 0 Å². The van der Waals surface area contributed by atoms with Crippen LogP contribution in [0.4, 0.5) is 42.9 Å². The summed E-state index contributed by atoms with van der Waals surface area (Å²) in [5, 5.41) is 1.80. The van der Waals surface area contributed by atoms with Gasteiger partial charge in [-0.05, 0) is 187 Å². The molecule has 0 spiro atoms. The molecule has 1 aromatic heterocycles. The highest BCUT2D eigenvalue weighted by Crippen LogP contribution is 2.59. The van der Waals surface area contributed by atoms with Crippen molar-refractivity contribution < 1.29 is 13.2 Å². The maximum Gasteiger partial charge on any atom is 0.135 e. The molecular formula is C78H52F2N2O. The van der Waals surface area contributed by atoms with E-state index in [0.29, 0.717) is 11.2 Å². The molecule has 12 aromatic carbocycles. The molecule has 0 saturated carbocycles. The van der Waals surface area contributed by atoms with Crippen LogP contribution in [-0.2, 0) is 10.8 Å². The molecule has 0 radical (unpaired) electrons. The molecule has 0 N–H and O–H groups in total. The van der Waals surface area contributed by atoms with E-state index in [9.17, 15) is 0 Å². The van der Waals surface area contributed by atoms with Crippen LogP contribution >= 0.6 is 0 Å². The van der Waals surface area contributed by atoms with Crippen LogP contribution in [0.15, 0.2) is 297 Å². The zero-order valence-corrected chi connectivity index (χ0v) is 45.2. The summed E-state index contributed by atoms with van der Waals surface area (Å²) in [5.74, 6) is -0.640. The summed E-state index contributed by atoms with van der Waals surface area (Å²) < 4.78 is 36.7. The fourth-order valence-corrected chi connectivity index (χ4v) is 13.6. The number of hydrogen-bond acceptors (Lipinski definition) is 3. The summed E-state index contributed by atoms with van der Waals surface area (Å²) in [4.78, 5) is 4.41. The molecule has 2 aliphatic rings. The molecule has 3 nitrogen and oxygen atoms in total. The first-order chi connectivity index (χ1) is 40.8. The predicted octanol–water partition coefficient (Wildman–Crippen LogP) is 20.8. The SMILES string of the molecule is C=Cc1ccc(C2(c3ccccc3)c3ccccc3-c3ccc(N(c4ccc(F)cc4)c4ccc5oc6ccc(N(c7ccc(F)cc7)c7ccc8c(c7)C(c7ccccc7)(c7ccc(C=C)cc7)c7ccccc7-8)cc6c5c4)cc32)cc1. The summed E-state index contributed by atoms with van der Waals surface area (Å²) in [6.07, 6.45) is 3.76. The monoisotopic (exact) mass is 1070 g/mol. The molecule has 0 bridgehead atoms. The molecule has 0 saturated heterocycles. The molecule has 15 rings (SSSR count). The van der Waals surface area contributed by atoms with Crippen molar-refractivity contribution in [3.05, 3.63) is 359 Å². The number of rotatable bonds is 12. The Morgan fingerprint density at radius 1 is 0.301 bits per heavy atom. The third kappa shape index (κ3) is 7.69. The summed E-state index contributed by atoms with van der Waals surface area (Å²) >= 11 is 0. The molecule has 0 amide bonds. The zero-order valence-electron chi connectivity index (χ0n) is 45.2. The predicted molar refractivity (Wildman–Crippen MR) is 338 cm³/mol. The molecule has 1 heterocycles. The Bertz CT molecular complexity index is 4370. The second-order valence-corrected chi connectivity index (χ2v) is 21.5. The Morgan fingerprint density at radius 3 is 1.02 bits per heavy atom. The number of anilines is 6. The first kappa shape index (κ1) is 49.4. The molecule has 2 atom stereocenters. The lowest BCUT2D eigenvalue weighted by Crippen LogP contribution is -2.28. The number of furan rings is 1. The van der Waals surface area contributed by atoms with Gasteiger partial charge in [0.1, 0.15) is 22.8 Å². The van der Waals surface area contributed by atoms with Crippen LogP contribution in [0.2, 0.25) is 0 Å². The third-order valence-electron chi connectivity index (χ3n) is 17.3. The van der Waals surface area contributed by atoms with E-state index >= 15 is 8.78 Å². The van der Waals surface area contributed by atoms with Crippen LogP contribution in [0.25, 0.3) is 56.3 Å². The van der Waals surface area contributed by atoms with Crippen LogP contribution in [0.5, 0.6) is 0 Å². The van der Waals surface area contributed by atoms with Gasteiger partial charge < -0.3 is 14.2 Å². The molecule has 13 aromatic rings. The average molecular weight is 1070 g/mol. The highest BCUT2D eigenvalue weighted by molar-refractivity contribution is 6.08. The number of halogens is 2. The van der Waals surface area contributed by atoms with E-state index in [1.54, 1.807) is 0 Å². The van der Waals surface area contributed by atoms with Crippen molar-refractivity contribution in [2.45, 2.75) is 10.8 Å². The Kier molecular flexibility index (Phi) is 11.7. The van der Waals surface area contributed by atoms with Gasteiger partial charge in [-0.1, -0.05) is 195 Å². The Labute approximate surface area is 481 Å². The van der Waals surface area contributed by atoms with Crippen LogP contribution in [0.3, 0.4) is 0 Å². The van der Waals surface area contributed by atoms with E-state index in [2.05, 4.69) is 241 Å². The van der Waals surface area contributed by atoms with Crippen molar-refractivity contribution in [3.63, 3.8) is 0 Å². The van der Waals surface area contributed by atoms with E-state index in [1.807, 2.05) is 48.6 Å². The van der Waals surface area contributed by atoms with Gasteiger partial charge in [0, 0.05) is 44.9 Å². The third-order valence-corrected chi connectivity index (χ3v) is 17.3. The lowest BCUT2D eigenvalue weighted by Gasteiger charge is -2.35. The first-order valence-electron chi connectivity index (χ1n) is 28.0. The van der Waals surface area contributed by atoms with Gasteiger partial charge in [0.25, 0.3) is 0 Å². The topological polar surface area (TPSA) is 19.6 Å². The van der Waals surface area contributed by atoms with Crippen molar-refractivity contribution in [1.29, 1.82) is 0 Å². The van der Waals surface area contributed by atoms with Crippen molar-refractivity contribution in [1.82, 2.24) is 0 Å². The van der Waals surface area contributed by atoms with Crippen molar-refractivity contribution in [2.75, 3.05) is 9.80 Å². The van der Waals surface area contributed by atoms with Crippen LogP contribution in [-0.4, -0.2) is 0 Å². The Hall–Kier alpha value is -10.6. The normalized spacial score (nSPS) is 15.5. The highest BCUT2D eigenvalue weighted by atomic mass is 19.1. The minimum atomic E-state index is -0.669. The van der Waals surface area contributed by atoms with Gasteiger partial charge in [-0.3, -0.25) is 0 Å². The minimum Gasteiger partial charge on any atom is -0.456 e. The van der Waals surface area contributed by atoms with Gasteiger partial charge in [0.2, 0.25) is 0 Å². The quantitative estimate of drug-likeness (QED) is 0.122. The lowest BCUT2D eigenvalue weighted by molar-refractivity contribution is 0.627. The lowest BCUT2D eigenvalue weighted by atomic mass is 9.67. The van der Waals surface area contributed by atoms with Crippen LogP contribution in [0.1, 0.15) is 55.6 Å². The van der Waals surface area contributed by atoms with E-state index in [-0.39, 0.29) is 11.6 Å². The standard InChI is InChI=1S/C78H52F2N2O/c1-3-51-23-27-55(28-24-51)77(53-15-7-5-8-16-53)71-21-13-11-19-65(71)67-43-39-63(49-73(67)77)81(59-35-31-57(79)32-36-59)61-41-45-75-69(47-61)70-48-62(42-46-76(70)83-75)82(60-37-33-58(80)34-38-60)64-40-44-68-66-20-12-14-22-72(66)78(74(68)50-64,54-17-9-6-10-18-54)56-29-25-52(4-2)26-30-56/h3-50H,1-2H2. The maximum absolute atomic E-state index is 15.0. The van der Waals surface area contributed by atoms with Gasteiger partial charge in [0.05, 0.1) is 10.8 Å². The molecule has 83 heavy (non-hydrogen) atoms. The summed E-state index contributed by atoms with van der Waals surface area (Å²) in [6, 6.07) is 95.9. The van der Waals surface area contributed by atoms with Crippen molar-refractivity contribution in [2.24, 2.45) is 0 Å². The molecule has 2 aliphatic carbocycles. The molecule has 2 unspecified atom stereocenters. The summed E-state index contributed by atoms with van der Waals surface area (Å²) in [5.41, 5.74) is 21.2. The highest BCUT2D eigenvalue weighted by Gasteiger charge is 2.48. The largest absolute Gasteiger partial charge is 0.456 e. The minimum absolute atomic E-state index is 0.320. The van der Waals surface area contributed by atoms with E-state index in [0.717, 1.165) is 101 Å². The second kappa shape index (κ2) is 19.6. The summed E-state index contributed by atoms with van der Waals surface area (Å²) in [7, 11) is 0. The van der Waals surface area contributed by atoms with Gasteiger partial charge in [-0.15, -0.1) is 0 Å². The fraction of sp³-hybridized carbons (Fsp3) is 0.0256. The number of hydrogen-bond donors (Lipinski definition) is 0. The van der Waals surface area contributed by atoms with Crippen LogP contribution < -0.4 is 9.80 Å². The Morgan fingerprint density at radius 2 is 0.627 bits per heavy atom.